The second-order valence-electron chi connectivity index (χ2n) is 7.05. The molecule has 1 heterocycles. The van der Waals surface area contributed by atoms with E-state index in [9.17, 15) is 0 Å². The zero-order valence-electron chi connectivity index (χ0n) is 13.4. The lowest BCUT2D eigenvalue weighted by Gasteiger charge is -2.53. The van der Waals surface area contributed by atoms with Gasteiger partial charge in [0.05, 0.1) is 0 Å². The van der Waals surface area contributed by atoms with Gasteiger partial charge in [-0.15, -0.1) is 0 Å². The molecule has 2 fully saturated rings. The summed E-state index contributed by atoms with van der Waals surface area (Å²) in [4.78, 5) is 5.32. The van der Waals surface area contributed by atoms with Crippen LogP contribution >= 0.6 is 0 Å². The van der Waals surface area contributed by atoms with E-state index in [-0.39, 0.29) is 0 Å². The predicted molar refractivity (Wildman–Crippen MR) is 82.2 cm³/mol. The molecule has 0 amide bonds. The quantitative estimate of drug-likeness (QED) is 0.850. The molecule has 1 saturated carbocycles. The van der Waals surface area contributed by atoms with Gasteiger partial charge in [0.25, 0.3) is 0 Å². The molecule has 2 rings (SSSR count). The molecule has 112 valence electrons. The van der Waals surface area contributed by atoms with Crippen LogP contribution in [-0.4, -0.2) is 54.1 Å². The Balaban J connectivity index is 2.06. The van der Waals surface area contributed by atoms with Crippen LogP contribution in [0.15, 0.2) is 0 Å². The second-order valence-corrected chi connectivity index (χ2v) is 7.05. The van der Waals surface area contributed by atoms with Crippen molar-refractivity contribution in [2.24, 2.45) is 17.6 Å². The molecule has 0 aromatic carbocycles. The summed E-state index contributed by atoms with van der Waals surface area (Å²) in [5.74, 6) is 1.69. The fourth-order valence-electron chi connectivity index (χ4n) is 4.18. The smallest absolute Gasteiger partial charge is 0.0335 e. The predicted octanol–water partition coefficient (Wildman–Crippen LogP) is 2.17. The van der Waals surface area contributed by atoms with Gasteiger partial charge in [0.15, 0.2) is 0 Å². The average Bonchev–Trinajstić information content (AvgIpc) is 2.42. The topological polar surface area (TPSA) is 32.5 Å². The molecule has 0 spiro atoms. The summed E-state index contributed by atoms with van der Waals surface area (Å²) >= 11 is 0. The highest BCUT2D eigenvalue weighted by molar-refractivity contribution is 4.99. The van der Waals surface area contributed by atoms with Crippen molar-refractivity contribution in [3.05, 3.63) is 0 Å². The van der Waals surface area contributed by atoms with E-state index in [1.165, 1.54) is 45.4 Å². The first kappa shape index (κ1) is 15.3. The summed E-state index contributed by atoms with van der Waals surface area (Å²) in [5, 5.41) is 0. The molecule has 1 saturated heterocycles. The molecule has 0 aromatic rings. The Morgan fingerprint density at radius 1 is 1.16 bits per heavy atom. The molecule has 0 aromatic heterocycles. The van der Waals surface area contributed by atoms with Gasteiger partial charge in [0.1, 0.15) is 0 Å². The third-order valence-electron chi connectivity index (χ3n) is 5.96. The Kier molecular flexibility index (Phi) is 4.91. The molecule has 4 atom stereocenters. The van der Waals surface area contributed by atoms with Gasteiger partial charge in [-0.2, -0.15) is 0 Å². The first-order chi connectivity index (χ1) is 9.02. The number of nitrogens with zero attached hydrogens (tertiary/aromatic N) is 2. The number of piperazine rings is 1. The van der Waals surface area contributed by atoms with Gasteiger partial charge in [-0.05, 0) is 44.6 Å². The van der Waals surface area contributed by atoms with Gasteiger partial charge >= 0.3 is 0 Å². The van der Waals surface area contributed by atoms with Gasteiger partial charge in [-0.3, -0.25) is 9.80 Å². The van der Waals surface area contributed by atoms with Crippen molar-refractivity contribution in [2.45, 2.75) is 58.5 Å². The highest BCUT2D eigenvalue weighted by Crippen LogP contribution is 2.40. The average molecular weight is 267 g/mol. The van der Waals surface area contributed by atoms with Crippen LogP contribution in [0.25, 0.3) is 0 Å². The minimum atomic E-state index is 0.292. The Morgan fingerprint density at radius 2 is 1.89 bits per heavy atom. The lowest BCUT2D eigenvalue weighted by Crippen LogP contribution is -2.64. The molecule has 0 radical (unpaired) electrons. The molecular weight excluding hydrogens is 234 g/mol. The number of rotatable bonds is 3. The maximum atomic E-state index is 6.23. The fourth-order valence-corrected chi connectivity index (χ4v) is 4.18. The zero-order chi connectivity index (χ0) is 14.0. The van der Waals surface area contributed by atoms with Crippen molar-refractivity contribution in [1.82, 2.24) is 9.80 Å². The van der Waals surface area contributed by atoms with E-state index in [1.807, 2.05) is 0 Å². The summed E-state index contributed by atoms with van der Waals surface area (Å²) in [6, 6.07) is 0.678. The normalized spacial score (nSPS) is 42.5. The molecule has 1 aliphatic carbocycles. The van der Waals surface area contributed by atoms with Crippen LogP contribution in [0.3, 0.4) is 0 Å². The van der Waals surface area contributed by atoms with Crippen molar-refractivity contribution in [3.63, 3.8) is 0 Å². The fraction of sp³-hybridized carbons (Fsp3) is 1.00. The van der Waals surface area contributed by atoms with Gasteiger partial charge < -0.3 is 5.73 Å². The number of likely N-dealkylation sites (N-methyl/N-ethyl adjacent to an activating group) is 1. The maximum Gasteiger partial charge on any atom is 0.0335 e. The highest BCUT2D eigenvalue weighted by Gasteiger charge is 2.43. The van der Waals surface area contributed by atoms with Gasteiger partial charge in [-0.25, -0.2) is 0 Å². The van der Waals surface area contributed by atoms with Crippen molar-refractivity contribution >= 4 is 0 Å². The molecule has 19 heavy (non-hydrogen) atoms. The standard InChI is InChI=1S/C16H33N3/c1-5-18-8-9-19(11-15(18)4)16(12-17)7-6-13(2)14(3)10-16/h13-15H,5-12,17H2,1-4H3. The molecule has 3 nitrogen and oxygen atoms in total. The van der Waals surface area contributed by atoms with Crippen LogP contribution in [0.5, 0.6) is 0 Å². The van der Waals surface area contributed by atoms with Crippen LogP contribution in [-0.2, 0) is 0 Å². The van der Waals surface area contributed by atoms with Crippen molar-refractivity contribution < 1.29 is 0 Å². The molecule has 2 aliphatic rings. The van der Waals surface area contributed by atoms with E-state index in [2.05, 4.69) is 37.5 Å². The first-order valence-corrected chi connectivity index (χ1v) is 8.21. The third kappa shape index (κ3) is 2.98. The van der Waals surface area contributed by atoms with Gasteiger partial charge in [0.2, 0.25) is 0 Å². The maximum absolute atomic E-state index is 6.23. The number of hydrogen-bond acceptors (Lipinski definition) is 3. The monoisotopic (exact) mass is 267 g/mol. The molecule has 3 heteroatoms. The minimum absolute atomic E-state index is 0.292. The van der Waals surface area contributed by atoms with E-state index in [4.69, 9.17) is 5.73 Å². The van der Waals surface area contributed by atoms with E-state index in [1.54, 1.807) is 0 Å². The second kappa shape index (κ2) is 6.11. The Labute approximate surface area is 119 Å². The van der Waals surface area contributed by atoms with E-state index >= 15 is 0 Å². The molecule has 4 unspecified atom stereocenters. The Hall–Kier alpha value is -0.120. The SMILES string of the molecule is CCN1CCN(C2(CN)CCC(C)C(C)C2)CC1C. The summed E-state index contributed by atoms with van der Waals surface area (Å²) < 4.78 is 0. The third-order valence-corrected chi connectivity index (χ3v) is 5.96. The summed E-state index contributed by atoms with van der Waals surface area (Å²) in [6.07, 6.45) is 3.94. The van der Waals surface area contributed by atoms with Crippen LogP contribution in [0.2, 0.25) is 0 Å². The summed E-state index contributed by atoms with van der Waals surface area (Å²) in [6.45, 7) is 15.1. The van der Waals surface area contributed by atoms with Crippen molar-refractivity contribution in [3.8, 4) is 0 Å². The lowest BCUT2D eigenvalue weighted by atomic mass is 9.70. The molecule has 2 N–H and O–H groups in total. The zero-order valence-corrected chi connectivity index (χ0v) is 13.4. The number of hydrogen-bond donors (Lipinski definition) is 1. The largest absolute Gasteiger partial charge is 0.329 e. The Bertz CT molecular complexity index is 294. The van der Waals surface area contributed by atoms with Crippen LogP contribution < -0.4 is 5.73 Å². The van der Waals surface area contributed by atoms with E-state index in [0.29, 0.717) is 11.6 Å². The molecular formula is C16H33N3. The molecule has 0 bridgehead atoms. The van der Waals surface area contributed by atoms with Gasteiger partial charge in [-0.1, -0.05) is 20.8 Å². The van der Waals surface area contributed by atoms with Crippen molar-refractivity contribution in [1.29, 1.82) is 0 Å². The minimum Gasteiger partial charge on any atom is -0.329 e. The van der Waals surface area contributed by atoms with E-state index < -0.39 is 0 Å². The highest BCUT2D eigenvalue weighted by atomic mass is 15.3. The van der Waals surface area contributed by atoms with Crippen LogP contribution in [0, 0.1) is 11.8 Å². The number of nitrogens with two attached hydrogens (primary N) is 1. The summed E-state index contributed by atoms with van der Waals surface area (Å²) in [7, 11) is 0. The van der Waals surface area contributed by atoms with Gasteiger partial charge in [0, 0.05) is 37.8 Å². The molecule has 1 aliphatic heterocycles. The van der Waals surface area contributed by atoms with Crippen LogP contribution in [0.1, 0.15) is 47.0 Å². The van der Waals surface area contributed by atoms with Crippen LogP contribution in [0.4, 0.5) is 0 Å². The summed E-state index contributed by atoms with van der Waals surface area (Å²) in [5.41, 5.74) is 6.53. The first-order valence-electron chi connectivity index (χ1n) is 8.21. The van der Waals surface area contributed by atoms with Crippen molar-refractivity contribution in [2.75, 3.05) is 32.7 Å². The lowest BCUT2D eigenvalue weighted by molar-refractivity contribution is -0.0279. The van der Waals surface area contributed by atoms with E-state index in [0.717, 1.165) is 18.4 Å². The Morgan fingerprint density at radius 3 is 2.42 bits per heavy atom.